The van der Waals surface area contributed by atoms with E-state index in [2.05, 4.69) is 4.98 Å². The fraction of sp³-hybridized carbons (Fsp3) is 0.160. The van der Waals surface area contributed by atoms with Gasteiger partial charge in [-0.3, -0.25) is 24.0 Å². The second-order valence-corrected chi connectivity index (χ2v) is 9.06. The van der Waals surface area contributed by atoms with E-state index in [1.54, 1.807) is 19.1 Å². The number of H-pyrrole nitrogens is 1. The summed E-state index contributed by atoms with van der Waals surface area (Å²) in [6.45, 7) is 1.90. The summed E-state index contributed by atoms with van der Waals surface area (Å²) < 4.78 is 6.69. The molecule has 2 aromatic carbocycles. The number of furan rings is 1. The van der Waals surface area contributed by atoms with Crippen molar-refractivity contribution < 1.29 is 9.21 Å². The molecule has 1 amide bonds. The number of anilines is 2. The van der Waals surface area contributed by atoms with Crippen molar-refractivity contribution in [3.8, 4) is 0 Å². The lowest BCUT2D eigenvalue weighted by Gasteiger charge is -2.26. The third kappa shape index (κ3) is 5.15. The minimum atomic E-state index is -0.733. The number of hydrogen-bond donors (Lipinski definition) is 2. The molecule has 0 saturated heterocycles. The third-order valence-corrected chi connectivity index (χ3v) is 6.33. The van der Waals surface area contributed by atoms with Crippen LogP contribution >= 0.6 is 11.8 Å². The molecule has 0 fully saturated rings. The van der Waals surface area contributed by atoms with Crippen LogP contribution in [-0.4, -0.2) is 20.7 Å². The Balaban J connectivity index is 1.75. The van der Waals surface area contributed by atoms with Gasteiger partial charge in [-0.1, -0.05) is 48.5 Å². The summed E-state index contributed by atoms with van der Waals surface area (Å²) >= 11 is 1.37. The predicted octanol–water partition coefficient (Wildman–Crippen LogP) is 3.47. The molecule has 0 saturated carbocycles. The van der Waals surface area contributed by atoms with Crippen LogP contribution in [0.2, 0.25) is 0 Å². The molecule has 0 aliphatic carbocycles. The molecular formula is C25H24N4O4S. The average molecular weight is 477 g/mol. The molecule has 1 atom stereocenters. The van der Waals surface area contributed by atoms with Gasteiger partial charge in [0.25, 0.3) is 5.56 Å². The summed E-state index contributed by atoms with van der Waals surface area (Å²) in [7, 11) is 0. The number of rotatable bonds is 8. The smallest absolute Gasteiger partial charge is 0.330 e. The van der Waals surface area contributed by atoms with Crippen LogP contribution in [0.4, 0.5) is 11.5 Å². The van der Waals surface area contributed by atoms with Gasteiger partial charge in [-0.2, -0.15) is 0 Å². The minimum absolute atomic E-state index is 0.0116. The summed E-state index contributed by atoms with van der Waals surface area (Å²) in [4.78, 5) is 43.7. The van der Waals surface area contributed by atoms with E-state index in [0.717, 1.165) is 10.5 Å². The Bertz CT molecular complexity index is 1370. The number of aromatic nitrogens is 2. The molecule has 4 aromatic rings. The zero-order chi connectivity index (χ0) is 24.1. The fourth-order valence-electron chi connectivity index (χ4n) is 3.56. The van der Waals surface area contributed by atoms with E-state index in [1.807, 2.05) is 60.7 Å². The van der Waals surface area contributed by atoms with Crippen molar-refractivity contribution in [2.75, 3.05) is 10.6 Å². The Hall–Kier alpha value is -3.98. The second-order valence-electron chi connectivity index (χ2n) is 7.64. The van der Waals surface area contributed by atoms with Gasteiger partial charge in [0.2, 0.25) is 5.91 Å². The lowest BCUT2D eigenvalue weighted by Crippen LogP contribution is -2.43. The Morgan fingerprint density at radius 2 is 1.74 bits per heavy atom. The van der Waals surface area contributed by atoms with Gasteiger partial charge in [-0.05, 0) is 36.8 Å². The van der Waals surface area contributed by atoms with Crippen molar-refractivity contribution in [3.05, 3.63) is 111 Å². The first kappa shape index (κ1) is 23.2. The van der Waals surface area contributed by atoms with Gasteiger partial charge >= 0.3 is 5.69 Å². The molecule has 174 valence electrons. The number of carbonyl (C=O) groups excluding carboxylic acids is 1. The number of carbonyl (C=O) groups is 1. The van der Waals surface area contributed by atoms with Crippen molar-refractivity contribution >= 4 is 29.2 Å². The maximum atomic E-state index is 13.6. The number of nitrogens with one attached hydrogen (secondary N) is 1. The fourth-order valence-corrected chi connectivity index (χ4v) is 4.51. The van der Waals surface area contributed by atoms with Crippen LogP contribution in [0.15, 0.2) is 98.0 Å². The number of thioether (sulfide) groups is 1. The Morgan fingerprint density at radius 3 is 2.38 bits per heavy atom. The number of hydrogen-bond acceptors (Lipinski definition) is 6. The Morgan fingerprint density at radius 1 is 1.06 bits per heavy atom. The van der Waals surface area contributed by atoms with Crippen LogP contribution in [-0.2, 0) is 17.9 Å². The topological polar surface area (TPSA) is 114 Å². The number of nitrogen functional groups attached to an aromatic ring is 1. The number of nitrogens with two attached hydrogens (primary N) is 1. The Kier molecular flexibility index (Phi) is 7.03. The zero-order valence-corrected chi connectivity index (χ0v) is 19.3. The lowest BCUT2D eigenvalue weighted by molar-refractivity contribution is -0.118. The molecule has 3 N–H and O–H groups in total. The van der Waals surface area contributed by atoms with E-state index in [0.29, 0.717) is 5.76 Å². The molecule has 0 spiro atoms. The monoisotopic (exact) mass is 476 g/mol. The number of nitrogens with zero attached hydrogens (tertiary/aromatic N) is 2. The zero-order valence-electron chi connectivity index (χ0n) is 18.5. The Labute approximate surface area is 200 Å². The molecule has 0 unspecified atom stereocenters. The summed E-state index contributed by atoms with van der Waals surface area (Å²) in [5, 5.41) is -0.536. The van der Waals surface area contributed by atoms with Gasteiger partial charge in [-0.25, -0.2) is 4.79 Å². The lowest BCUT2D eigenvalue weighted by atomic mass is 10.2. The molecule has 8 nitrogen and oxygen atoms in total. The van der Waals surface area contributed by atoms with Crippen LogP contribution < -0.4 is 21.9 Å². The quantitative estimate of drug-likeness (QED) is 0.377. The number of aromatic amines is 1. The summed E-state index contributed by atoms with van der Waals surface area (Å²) in [5.41, 5.74) is 5.73. The van der Waals surface area contributed by atoms with Gasteiger partial charge < -0.3 is 10.2 Å². The van der Waals surface area contributed by atoms with E-state index >= 15 is 0 Å². The number of benzene rings is 2. The molecule has 0 bridgehead atoms. The van der Waals surface area contributed by atoms with Gasteiger partial charge in [0, 0.05) is 4.90 Å². The highest BCUT2D eigenvalue weighted by molar-refractivity contribution is 8.00. The van der Waals surface area contributed by atoms with Gasteiger partial charge in [0.05, 0.1) is 24.6 Å². The highest BCUT2D eigenvalue weighted by atomic mass is 32.2. The molecule has 4 rings (SSSR count). The standard InChI is InChI=1S/C25H24N4O4S/c1-17(34-20-12-6-3-7-13-20)24(31)28(16-19-11-8-14-33-19)21-22(26)29(25(32)27-23(21)30)15-18-9-4-2-5-10-18/h2-14,17H,15-16,26H2,1H3,(H,27,30,32)/t17-/m0/s1. The molecular weight excluding hydrogens is 452 g/mol. The average Bonchev–Trinajstić information content (AvgIpc) is 3.35. The van der Waals surface area contributed by atoms with E-state index < -0.39 is 16.5 Å². The SMILES string of the molecule is C[C@H](Sc1ccccc1)C(=O)N(Cc1ccco1)c1c(N)n(Cc2ccccc2)c(=O)[nH]c1=O. The first-order chi connectivity index (χ1) is 16.4. The van der Waals surface area contributed by atoms with E-state index in [4.69, 9.17) is 10.2 Å². The maximum Gasteiger partial charge on any atom is 0.330 e. The highest BCUT2D eigenvalue weighted by Gasteiger charge is 2.29. The summed E-state index contributed by atoms with van der Waals surface area (Å²) in [6.07, 6.45) is 1.49. The van der Waals surface area contributed by atoms with Crippen molar-refractivity contribution in [2.45, 2.75) is 30.2 Å². The molecule has 9 heteroatoms. The van der Waals surface area contributed by atoms with E-state index in [1.165, 1.54) is 27.5 Å². The second kappa shape index (κ2) is 10.3. The van der Waals surface area contributed by atoms with Crippen molar-refractivity contribution in [1.82, 2.24) is 9.55 Å². The first-order valence-electron chi connectivity index (χ1n) is 10.7. The van der Waals surface area contributed by atoms with E-state index in [9.17, 15) is 14.4 Å². The largest absolute Gasteiger partial charge is 0.467 e. The predicted molar refractivity (Wildman–Crippen MR) is 133 cm³/mol. The van der Waals surface area contributed by atoms with Crippen molar-refractivity contribution in [1.29, 1.82) is 0 Å². The van der Waals surface area contributed by atoms with Crippen molar-refractivity contribution in [3.63, 3.8) is 0 Å². The number of amides is 1. The van der Waals surface area contributed by atoms with Crippen LogP contribution in [0.25, 0.3) is 0 Å². The van der Waals surface area contributed by atoms with Crippen molar-refractivity contribution in [2.24, 2.45) is 0 Å². The molecule has 0 aliphatic rings. The normalized spacial score (nSPS) is 11.8. The minimum Gasteiger partial charge on any atom is -0.467 e. The first-order valence-corrected chi connectivity index (χ1v) is 11.5. The van der Waals surface area contributed by atoms with E-state index in [-0.39, 0.29) is 30.5 Å². The molecule has 0 aliphatic heterocycles. The highest BCUT2D eigenvalue weighted by Crippen LogP contribution is 2.28. The van der Waals surface area contributed by atoms with Crippen LogP contribution in [0.3, 0.4) is 0 Å². The molecule has 2 aromatic heterocycles. The third-order valence-electron chi connectivity index (χ3n) is 5.23. The maximum absolute atomic E-state index is 13.6. The van der Waals surface area contributed by atoms with Crippen LogP contribution in [0.5, 0.6) is 0 Å². The van der Waals surface area contributed by atoms with Gasteiger partial charge in [0.15, 0.2) is 5.69 Å². The molecule has 34 heavy (non-hydrogen) atoms. The molecule has 2 heterocycles. The van der Waals surface area contributed by atoms with Crippen LogP contribution in [0, 0.1) is 0 Å². The summed E-state index contributed by atoms with van der Waals surface area (Å²) in [6, 6.07) is 22.2. The van der Waals surface area contributed by atoms with Gasteiger partial charge in [-0.15, -0.1) is 11.8 Å². The summed E-state index contributed by atoms with van der Waals surface area (Å²) in [5.74, 6) is 0.0478. The molecule has 0 radical (unpaired) electrons. The van der Waals surface area contributed by atoms with Crippen LogP contribution in [0.1, 0.15) is 18.2 Å². The van der Waals surface area contributed by atoms with Gasteiger partial charge in [0.1, 0.15) is 11.6 Å².